The van der Waals surface area contributed by atoms with Gasteiger partial charge in [0.2, 0.25) is 0 Å². The van der Waals surface area contributed by atoms with Gasteiger partial charge in [-0.25, -0.2) is 4.79 Å². The van der Waals surface area contributed by atoms with Gasteiger partial charge in [0.05, 0.1) is 5.56 Å². The number of carbonyl (C=O) groups excluding carboxylic acids is 1. The lowest BCUT2D eigenvalue weighted by atomic mass is 10.0. The van der Waals surface area contributed by atoms with Crippen LogP contribution in [-0.2, 0) is 15.8 Å². The zero-order valence-corrected chi connectivity index (χ0v) is 11.6. The Morgan fingerprint density at radius 1 is 0.955 bits per heavy atom. The van der Waals surface area contributed by atoms with E-state index >= 15 is 0 Å². The lowest BCUT2D eigenvalue weighted by molar-refractivity contribution is -0.141. The van der Waals surface area contributed by atoms with Crippen molar-refractivity contribution in [1.82, 2.24) is 0 Å². The standard InChI is InChI=1S/C16H12F3NO2/c1-11(21)22-20-15(12-5-3-2-4-6-12)13-7-9-14(10-8-13)16(17,18)19/h2-10H,1H3/b20-15+. The quantitative estimate of drug-likeness (QED) is 0.488. The molecule has 3 nitrogen and oxygen atoms in total. The number of hydrogen-bond acceptors (Lipinski definition) is 3. The van der Waals surface area contributed by atoms with Crippen LogP contribution in [0.4, 0.5) is 13.2 Å². The minimum atomic E-state index is -4.40. The van der Waals surface area contributed by atoms with E-state index in [0.29, 0.717) is 11.1 Å². The molecule has 6 heteroatoms. The van der Waals surface area contributed by atoms with Gasteiger partial charge in [0.1, 0.15) is 5.71 Å². The van der Waals surface area contributed by atoms with Crippen LogP contribution in [0, 0.1) is 0 Å². The monoisotopic (exact) mass is 307 g/mol. The van der Waals surface area contributed by atoms with E-state index in [9.17, 15) is 18.0 Å². The molecule has 2 aromatic rings. The van der Waals surface area contributed by atoms with Crippen LogP contribution in [0.15, 0.2) is 59.8 Å². The average molecular weight is 307 g/mol. The summed E-state index contributed by atoms with van der Waals surface area (Å²) in [6.07, 6.45) is -4.40. The van der Waals surface area contributed by atoms with Crippen LogP contribution >= 0.6 is 0 Å². The summed E-state index contributed by atoms with van der Waals surface area (Å²) in [7, 11) is 0. The van der Waals surface area contributed by atoms with E-state index in [1.54, 1.807) is 30.3 Å². The molecule has 0 unspecified atom stereocenters. The number of hydrogen-bond donors (Lipinski definition) is 0. The molecule has 0 saturated carbocycles. The van der Waals surface area contributed by atoms with Crippen molar-refractivity contribution in [2.24, 2.45) is 5.16 Å². The van der Waals surface area contributed by atoms with Gasteiger partial charge in [-0.15, -0.1) is 0 Å². The molecule has 114 valence electrons. The van der Waals surface area contributed by atoms with Gasteiger partial charge in [-0.05, 0) is 12.1 Å². The molecule has 22 heavy (non-hydrogen) atoms. The van der Waals surface area contributed by atoms with E-state index in [1.165, 1.54) is 19.1 Å². The normalized spacial score (nSPS) is 12.1. The van der Waals surface area contributed by atoms with E-state index in [2.05, 4.69) is 9.99 Å². The zero-order chi connectivity index (χ0) is 16.2. The fraction of sp³-hybridized carbons (Fsp3) is 0.125. The molecule has 0 fully saturated rings. The van der Waals surface area contributed by atoms with Gasteiger partial charge >= 0.3 is 12.1 Å². The van der Waals surface area contributed by atoms with Crippen molar-refractivity contribution in [2.75, 3.05) is 0 Å². The van der Waals surface area contributed by atoms with Gasteiger partial charge in [-0.2, -0.15) is 13.2 Å². The highest BCUT2D eigenvalue weighted by molar-refractivity contribution is 6.12. The van der Waals surface area contributed by atoms with Crippen LogP contribution in [0.2, 0.25) is 0 Å². The second-order valence-electron chi connectivity index (χ2n) is 4.46. The maximum absolute atomic E-state index is 12.6. The summed E-state index contributed by atoms with van der Waals surface area (Å²) < 4.78 is 37.8. The van der Waals surface area contributed by atoms with Gasteiger partial charge in [0, 0.05) is 18.1 Å². The van der Waals surface area contributed by atoms with Crippen molar-refractivity contribution in [3.8, 4) is 0 Å². The molecule has 0 bridgehead atoms. The third-order valence-corrected chi connectivity index (χ3v) is 2.80. The molecule has 0 saturated heterocycles. The number of halogens is 3. The van der Waals surface area contributed by atoms with Crippen molar-refractivity contribution in [3.05, 3.63) is 71.3 Å². The number of alkyl halides is 3. The molecule has 0 N–H and O–H groups in total. The Morgan fingerprint density at radius 2 is 1.50 bits per heavy atom. The summed E-state index contributed by atoms with van der Waals surface area (Å²) in [6.45, 7) is 1.19. The summed E-state index contributed by atoms with van der Waals surface area (Å²) in [5.41, 5.74) is 0.574. The summed E-state index contributed by atoms with van der Waals surface area (Å²) >= 11 is 0. The van der Waals surface area contributed by atoms with Crippen molar-refractivity contribution < 1.29 is 22.8 Å². The summed E-state index contributed by atoms with van der Waals surface area (Å²) in [5, 5.41) is 3.74. The Labute approximate surface area is 125 Å². The van der Waals surface area contributed by atoms with Crippen molar-refractivity contribution in [3.63, 3.8) is 0 Å². The van der Waals surface area contributed by atoms with E-state index < -0.39 is 17.7 Å². The Hall–Kier alpha value is -2.63. The summed E-state index contributed by atoms with van der Waals surface area (Å²) in [4.78, 5) is 15.6. The minimum absolute atomic E-state index is 0.282. The first-order chi connectivity index (χ1) is 10.4. The fourth-order valence-corrected chi connectivity index (χ4v) is 1.80. The van der Waals surface area contributed by atoms with Crippen LogP contribution in [0.25, 0.3) is 0 Å². The maximum Gasteiger partial charge on any atom is 0.416 e. The molecule has 0 amide bonds. The van der Waals surface area contributed by atoms with Crippen molar-refractivity contribution >= 4 is 11.7 Å². The maximum atomic E-state index is 12.6. The molecule has 0 radical (unpaired) electrons. The van der Waals surface area contributed by atoms with Gasteiger partial charge in [-0.1, -0.05) is 47.6 Å². The Morgan fingerprint density at radius 3 is 2.00 bits per heavy atom. The highest BCUT2D eigenvalue weighted by Crippen LogP contribution is 2.29. The first-order valence-corrected chi connectivity index (χ1v) is 6.36. The predicted octanol–water partition coefficient (Wildman–Crippen LogP) is 4.02. The van der Waals surface area contributed by atoms with Gasteiger partial charge in [0.25, 0.3) is 0 Å². The topological polar surface area (TPSA) is 38.7 Å². The lowest BCUT2D eigenvalue weighted by Gasteiger charge is -2.09. The van der Waals surface area contributed by atoms with Crippen molar-refractivity contribution in [1.29, 1.82) is 0 Å². The zero-order valence-electron chi connectivity index (χ0n) is 11.6. The predicted molar refractivity (Wildman–Crippen MR) is 75.3 cm³/mol. The molecule has 0 spiro atoms. The van der Waals surface area contributed by atoms with Gasteiger partial charge in [0.15, 0.2) is 0 Å². The Balaban J connectivity index is 2.42. The Bertz CT molecular complexity index is 677. The molecule has 0 atom stereocenters. The highest BCUT2D eigenvalue weighted by Gasteiger charge is 2.30. The summed E-state index contributed by atoms with van der Waals surface area (Å²) in [5.74, 6) is -0.611. The third kappa shape index (κ3) is 3.94. The first kappa shape index (κ1) is 15.8. The molecule has 0 aromatic heterocycles. The number of carbonyl (C=O) groups is 1. The second kappa shape index (κ2) is 6.43. The molecule has 2 rings (SSSR count). The van der Waals surface area contributed by atoms with Crippen molar-refractivity contribution in [2.45, 2.75) is 13.1 Å². The Kier molecular flexibility index (Phi) is 4.60. The number of benzene rings is 2. The van der Waals surface area contributed by atoms with Gasteiger partial charge < -0.3 is 4.84 Å². The van der Waals surface area contributed by atoms with E-state index in [1.807, 2.05) is 0 Å². The first-order valence-electron chi connectivity index (χ1n) is 6.36. The van der Waals surface area contributed by atoms with Crippen LogP contribution in [-0.4, -0.2) is 11.7 Å². The van der Waals surface area contributed by atoms with Gasteiger partial charge in [-0.3, -0.25) is 0 Å². The van der Waals surface area contributed by atoms with E-state index in [4.69, 9.17) is 0 Å². The highest BCUT2D eigenvalue weighted by atomic mass is 19.4. The number of nitrogens with zero attached hydrogens (tertiary/aromatic N) is 1. The molecule has 0 heterocycles. The minimum Gasteiger partial charge on any atom is -0.318 e. The molecular weight excluding hydrogens is 295 g/mol. The van der Waals surface area contributed by atoms with Crippen LogP contribution in [0.3, 0.4) is 0 Å². The number of oxime groups is 1. The second-order valence-corrected chi connectivity index (χ2v) is 4.46. The molecule has 0 aliphatic heterocycles. The lowest BCUT2D eigenvalue weighted by Crippen LogP contribution is -2.08. The summed E-state index contributed by atoms with van der Waals surface area (Å²) in [6, 6.07) is 13.2. The third-order valence-electron chi connectivity index (χ3n) is 2.80. The molecule has 0 aliphatic carbocycles. The molecule has 0 aliphatic rings. The average Bonchev–Trinajstić information content (AvgIpc) is 2.48. The number of rotatable bonds is 3. The van der Waals surface area contributed by atoms with E-state index in [-0.39, 0.29) is 5.71 Å². The van der Waals surface area contributed by atoms with E-state index in [0.717, 1.165) is 12.1 Å². The van der Waals surface area contributed by atoms with Crippen LogP contribution in [0.5, 0.6) is 0 Å². The molecular formula is C16H12F3NO2. The SMILES string of the molecule is CC(=O)O/N=C(\c1ccccc1)c1ccc(C(F)(F)F)cc1. The largest absolute Gasteiger partial charge is 0.416 e. The van der Waals surface area contributed by atoms with Crippen LogP contribution in [0.1, 0.15) is 23.6 Å². The van der Waals surface area contributed by atoms with Crippen LogP contribution < -0.4 is 0 Å². The fourth-order valence-electron chi connectivity index (χ4n) is 1.80. The molecule has 2 aromatic carbocycles. The smallest absolute Gasteiger partial charge is 0.318 e.